The highest BCUT2D eigenvalue weighted by atomic mass is 79.9. The number of alkyl halides is 1. The first-order valence-corrected chi connectivity index (χ1v) is 6.14. The molecule has 0 aromatic heterocycles. The van der Waals surface area contributed by atoms with Gasteiger partial charge in [-0.3, -0.25) is 0 Å². The Morgan fingerprint density at radius 3 is 2.71 bits per heavy atom. The Morgan fingerprint density at radius 1 is 1.53 bits per heavy atom. The third-order valence-electron chi connectivity index (χ3n) is 2.19. The van der Waals surface area contributed by atoms with Crippen LogP contribution in [0.5, 0.6) is 5.75 Å². The minimum absolute atomic E-state index is 0.267. The number of carbonyl (C=O) groups is 1. The molecule has 4 nitrogen and oxygen atoms in total. The van der Waals surface area contributed by atoms with E-state index < -0.39 is 5.97 Å². The van der Waals surface area contributed by atoms with Crippen molar-refractivity contribution >= 4 is 21.9 Å². The third-order valence-corrected chi connectivity index (χ3v) is 2.80. The Balaban J connectivity index is 3.41. The molecule has 1 aromatic rings. The van der Waals surface area contributed by atoms with E-state index in [-0.39, 0.29) is 12.4 Å². The van der Waals surface area contributed by atoms with E-state index in [1.54, 1.807) is 19.1 Å². The first-order valence-electron chi connectivity index (χ1n) is 5.02. The van der Waals surface area contributed by atoms with Crippen LogP contribution in [0.25, 0.3) is 0 Å². The van der Waals surface area contributed by atoms with Crippen LogP contribution in [0.3, 0.4) is 0 Å². The summed E-state index contributed by atoms with van der Waals surface area (Å²) >= 11 is 3.29. The van der Waals surface area contributed by atoms with Crippen molar-refractivity contribution in [3.05, 3.63) is 28.8 Å². The van der Waals surface area contributed by atoms with Gasteiger partial charge in [-0.25, -0.2) is 4.79 Å². The number of ether oxygens (including phenoxy) is 2. The number of hydrogen-bond acceptors (Lipinski definition) is 4. The lowest BCUT2D eigenvalue weighted by atomic mass is 10.0. The fraction of sp³-hybridized carbons (Fsp3) is 0.333. The largest absolute Gasteiger partial charge is 0.494 e. The molecular formula is C12H12BrNO3. The molecule has 0 saturated heterocycles. The fourth-order valence-corrected chi connectivity index (χ4v) is 1.93. The zero-order valence-corrected chi connectivity index (χ0v) is 11.2. The van der Waals surface area contributed by atoms with Crippen LogP contribution in [-0.4, -0.2) is 19.7 Å². The van der Waals surface area contributed by atoms with Gasteiger partial charge >= 0.3 is 5.97 Å². The van der Waals surface area contributed by atoms with Crippen molar-refractivity contribution in [1.29, 1.82) is 5.26 Å². The van der Waals surface area contributed by atoms with E-state index >= 15 is 0 Å². The Bertz CT molecular complexity index is 466. The highest BCUT2D eigenvalue weighted by Gasteiger charge is 2.21. The van der Waals surface area contributed by atoms with Crippen molar-refractivity contribution in [2.75, 3.05) is 13.7 Å². The second-order valence-electron chi connectivity index (χ2n) is 3.15. The number of nitriles is 1. The lowest BCUT2D eigenvalue weighted by Crippen LogP contribution is -2.10. The molecule has 0 N–H and O–H groups in total. The van der Waals surface area contributed by atoms with Crippen LogP contribution in [0.2, 0.25) is 0 Å². The van der Waals surface area contributed by atoms with E-state index in [1.807, 2.05) is 6.07 Å². The molecule has 17 heavy (non-hydrogen) atoms. The fourth-order valence-electron chi connectivity index (χ4n) is 1.46. The van der Waals surface area contributed by atoms with Crippen molar-refractivity contribution in [2.45, 2.75) is 12.3 Å². The van der Waals surface area contributed by atoms with Crippen LogP contribution in [0.1, 0.15) is 28.4 Å². The SMILES string of the molecule is CCOC(=O)c1c(CBr)ccc(C#N)c1OC. The number of esters is 1. The highest BCUT2D eigenvalue weighted by molar-refractivity contribution is 9.08. The maximum Gasteiger partial charge on any atom is 0.342 e. The molecule has 1 aromatic carbocycles. The van der Waals surface area contributed by atoms with Crippen LogP contribution in [-0.2, 0) is 10.1 Å². The normalized spacial score (nSPS) is 9.53. The van der Waals surface area contributed by atoms with Gasteiger partial charge in [0.15, 0.2) is 5.75 Å². The summed E-state index contributed by atoms with van der Waals surface area (Å²) in [6, 6.07) is 5.32. The van der Waals surface area contributed by atoms with Crippen LogP contribution in [0, 0.1) is 11.3 Å². The summed E-state index contributed by atoms with van der Waals surface area (Å²) < 4.78 is 10.1. The van der Waals surface area contributed by atoms with Gasteiger partial charge in [-0.05, 0) is 18.6 Å². The molecule has 0 amide bonds. The summed E-state index contributed by atoms with van der Waals surface area (Å²) in [6.07, 6.45) is 0. The number of rotatable bonds is 4. The number of benzene rings is 1. The molecule has 0 fully saturated rings. The zero-order valence-electron chi connectivity index (χ0n) is 9.62. The third kappa shape index (κ3) is 2.77. The van der Waals surface area contributed by atoms with E-state index in [0.717, 1.165) is 5.56 Å². The van der Waals surface area contributed by atoms with Gasteiger partial charge in [0, 0.05) is 5.33 Å². The van der Waals surface area contributed by atoms with Crippen molar-refractivity contribution in [2.24, 2.45) is 0 Å². The van der Waals surface area contributed by atoms with Crippen LogP contribution < -0.4 is 4.74 Å². The predicted octanol–water partition coefficient (Wildman–Crippen LogP) is 2.64. The Kier molecular flexibility index (Phi) is 4.98. The van der Waals surface area contributed by atoms with Gasteiger partial charge in [0.2, 0.25) is 0 Å². The van der Waals surface area contributed by atoms with E-state index in [9.17, 15) is 4.79 Å². The van der Waals surface area contributed by atoms with E-state index in [0.29, 0.717) is 16.5 Å². The summed E-state index contributed by atoms with van der Waals surface area (Å²) in [7, 11) is 1.43. The lowest BCUT2D eigenvalue weighted by Gasteiger charge is -2.12. The van der Waals surface area contributed by atoms with Crippen molar-refractivity contribution in [3.8, 4) is 11.8 Å². The number of hydrogen-bond donors (Lipinski definition) is 0. The molecule has 0 spiro atoms. The first-order chi connectivity index (χ1) is 8.19. The molecule has 0 aliphatic heterocycles. The van der Waals surface area contributed by atoms with Crippen molar-refractivity contribution in [3.63, 3.8) is 0 Å². The molecule has 0 radical (unpaired) electrons. The van der Waals surface area contributed by atoms with Crippen LogP contribution >= 0.6 is 15.9 Å². The van der Waals surface area contributed by atoms with Crippen molar-refractivity contribution < 1.29 is 14.3 Å². The minimum Gasteiger partial charge on any atom is -0.494 e. The zero-order chi connectivity index (χ0) is 12.8. The molecule has 0 heterocycles. The Hall–Kier alpha value is -1.54. The van der Waals surface area contributed by atoms with Crippen LogP contribution in [0.15, 0.2) is 12.1 Å². The molecule has 0 atom stereocenters. The van der Waals surface area contributed by atoms with Gasteiger partial charge in [-0.1, -0.05) is 22.0 Å². The second-order valence-corrected chi connectivity index (χ2v) is 3.71. The smallest absolute Gasteiger partial charge is 0.342 e. The average Bonchev–Trinajstić information content (AvgIpc) is 2.36. The molecule has 5 heteroatoms. The predicted molar refractivity (Wildman–Crippen MR) is 66.3 cm³/mol. The summed E-state index contributed by atoms with van der Waals surface area (Å²) in [5, 5.41) is 9.44. The molecule has 0 aliphatic rings. The van der Waals surface area contributed by atoms with E-state index in [4.69, 9.17) is 14.7 Å². The van der Waals surface area contributed by atoms with E-state index in [2.05, 4.69) is 15.9 Å². The molecule has 0 unspecified atom stereocenters. The summed E-state index contributed by atoms with van der Waals surface area (Å²) in [4.78, 5) is 11.8. The van der Waals surface area contributed by atoms with Gasteiger partial charge in [0.1, 0.15) is 11.6 Å². The number of halogens is 1. The molecule has 90 valence electrons. The Labute approximate surface area is 108 Å². The second kappa shape index (κ2) is 6.26. The van der Waals surface area contributed by atoms with Crippen molar-refractivity contribution in [1.82, 2.24) is 0 Å². The maximum absolute atomic E-state index is 11.8. The summed E-state index contributed by atoms with van der Waals surface area (Å²) in [6.45, 7) is 2.01. The highest BCUT2D eigenvalue weighted by Crippen LogP contribution is 2.29. The molecule has 1 rings (SSSR count). The molecule has 0 aliphatic carbocycles. The van der Waals surface area contributed by atoms with Crippen LogP contribution in [0.4, 0.5) is 0 Å². The number of methoxy groups -OCH3 is 1. The average molecular weight is 298 g/mol. The Morgan fingerprint density at radius 2 is 2.24 bits per heavy atom. The maximum atomic E-state index is 11.8. The monoisotopic (exact) mass is 297 g/mol. The van der Waals surface area contributed by atoms with Gasteiger partial charge in [-0.2, -0.15) is 5.26 Å². The van der Waals surface area contributed by atoms with E-state index in [1.165, 1.54) is 7.11 Å². The van der Waals surface area contributed by atoms with Gasteiger partial charge in [-0.15, -0.1) is 0 Å². The topological polar surface area (TPSA) is 59.3 Å². The molecule has 0 saturated carbocycles. The number of nitrogens with zero attached hydrogens (tertiary/aromatic N) is 1. The minimum atomic E-state index is -0.476. The van der Waals surface area contributed by atoms with Gasteiger partial charge in [0.05, 0.1) is 19.3 Å². The summed E-state index contributed by atoms with van der Waals surface area (Å²) in [5.41, 5.74) is 1.37. The standard InChI is InChI=1S/C12H12BrNO3/c1-3-17-12(15)10-8(6-13)4-5-9(7-14)11(10)16-2/h4-5H,3,6H2,1-2H3. The molecular weight excluding hydrogens is 286 g/mol. The van der Waals surface area contributed by atoms with Gasteiger partial charge in [0.25, 0.3) is 0 Å². The number of carbonyl (C=O) groups excluding carboxylic acids is 1. The lowest BCUT2D eigenvalue weighted by molar-refractivity contribution is 0.0521. The quantitative estimate of drug-likeness (QED) is 0.633. The van der Waals surface area contributed by atoms with Gasteiger partial charge < -0.3 is 9.47 Å². The molecule has 0 bridgehead atoms. The summed E-state index contributed by atoms with van der Waals surface area (Å²) in [5.74, 6) is -0.209. The first kappa shape index (κ1) is 13.5.